The van der Waals surface area contributed by atoms with Crippen LogP contribution in [0.2, 0.25) is 0 Å². The van der Waals surface area contributed by atoms with Crippen molar-refractivity contribution in [2.24, 2.45) is 0 Å². The van der Waals surface area contributed by atoms with Crippen LogP contribution < -0.4 is 0 Å². The topological polar surface area (TPSA) is 35.5 Å². The fourth-order valence-corrected chi connectivity index (χ4v) is 7.28. The number of rotatable bonds is 6. The first-order valence-electron chi connectivity index (χ1n) is 5.21. The molecule has 1 unspecified atom stereocenters. The number of carbonyl (C=O) groups excluding carboxylic acids is 1. The third kappa shape index (κ3) is 4.16. The molecular weight excluding hydrogens is 251 g/mol. The SMILES string of the molecule is CCOP(=S)(OCC)SC1CCCC1=O. The Balaban J connectivity index is 2.57. The Morgan fingerprint density at radius 1 is 1.47 bits per heavy atom. The van der Waals surface area contributed by atoms with Crippen molar-refractivity contribution in [3.05, 3.63) is 0 Å². The second-order valence-corrected chi connectivity index (χ2v) is 9.64. The van der Waals surface area contributed by atoms with E-state index in [2.05, 4.69) is 0 Å². The van der Waals surface area contributed by atoms with Crippen LogP contribution in [0.3, 0.4) is 0 Å². The predicted octanol–water partition coefficient (Wildman–Crippen LogP) is 3.14. The molecule has 15 heavy (non-hydrogen) atoms. The minimum atomic E-state index is -2.28. The van der Waals surface area contributed by atoms with E-state index in [0.29, 0.717) is 25.4 Å². The molecule has 1 aliphatic carbocycles. The van der Waals surface area contributed by atoms with Crippen LogP contribution >= 0.6 is 17.1 Å². The van der Waals surface area contributed by atoms with Crippen LogP contribution in [0.5, 0.6) is 0 Å². The molecule has 0 heterocycles. The Morgan fingerprint density at radius 2 is 2.07 bits per heavy atom. The molecule has 0 bridgehead atoms. The average Bonchev–Trinajstić information content (AvgIpc) is 2.52. The van der Waals surface area contributed by atoms with Crippen molar-refractivity contribution in [3.8, 4) is 0 Å². The van der Waals surface area contributed by atoms with Crippen LogP contribution in [-0.2, 0) is 25.6 Å². The highest BCUT2D eigenvalue weighted by molar-refractivity contribution is 8.68. The van der Waals surface area contributed by atoms with Gasteiger partial charge >= 0.3 is 0 Å². The maximum atomic E-state index is 11.5. The van der Waals surface area contributed by atoms with E-state index >= 15 is 0 Å². The number of Topliss-reactive ketones (excluding diaryl/α,β-unsaturated/α-hetero) is 1. The number of hydrogen-bond acceptors (Lipinski definition) is 5. The molecule has 1 fully saturated rings. The van der Waals surface area contributed by atoms with E-state index < -0.39 is 5.69 Å². The summed E-state index contributed by atoms with van der Waals surface area (Å²) in [6.07, 6.45) is 2.58. The molecular formula is C9H17O3PS2. The highest BCUT2D eigenvalue weighted by Crippen LogP contribution is 2.63. The minimum absolute atomic E-state index is 0.00827. The maximum absolute atomic E-state index is 11.5. The summed E-state index contributed by atoms with van der Waals surface area (Å²) in [5, 5.41) is 0.00827. The number of carbonyl (C=O) groups is 1. The second-order valence-electron chi connectivity index (χ2n) is 3.24. The van der Waals surface area contributed by atoms with Gasteiger partial charge in [-0.25, -0.2) is 0 Å². The standard InChI is InChI=1S/C9H17O3PS2/c1-3-11-13(14,12-4-2)15-9-7-5-6-8(9)10/h9H,3-7H2,1-2H3. The Labute approximate surface area is 100 Å². The van der Waals surface area contributed by atoms with Crippen LogP contribution in [-0.4, -0.2) is 24.2 Å². The Hall–Kier alpha value is 0.590. The quantitative estimate of drug-likeness (QED) is 0.692. The van der Waals surface area contributed by atoms with Gasteiger partial charge in [0.1, 0.15) is 5.78 Å². The van der Waals surface area contributed by atoms with E-state index in [1.807, 2.05) is 13.8 Å². The molecule has 0 aliphatic heterocycles. The smallest absolute Gasteiger partial charge is 0.248 e. The van der Waals surface area contributed by atoms with Crippen molar-refractivity contribution in [2.45, 2.75) is 38.4 Å². The van der Waals surface area contributed by atoms with Gasteiger partial charge in [-0.2, -0.15) is 0 Å². The van der Waals surface area contributed by atoms with Crippen LogP contribution in [0, 0.1) is 0 Å². The van der Waals surface area contributed by atoms with Gasteiger partial charge in [0.25, 0.3) is 0 Å². The third-order valence-corrected chi connectivity index (χ3v) is 7.82. The molecule has 0 aromatic carbocycles. The van der Waals surface area contributed by atoms with Gasteiger partial charge in [-0.1, -0.05) is 11.4 Å². The molecule has 0 aromatic rings. The van der Waals surface area contributed by atoms with Crippen LogP contribution in [0.4, 0.5) is 0 Å². The van der Waals surface area contributed by atoms with Gasteiger partial charge in [-0.05, 0) is 38.5 Å². The lowest BCUT2D eigenvalue weighted by molar-refractivity contribution is -0.116. The molecule has 1 saturated carbocycles. The third-order valence-electron chi connectivity index (χ3n) is 2.08. The maximum Gasteiger partial charge on any atom is 0.248 e. The Kier molecular flexibility index (Phi) is 5.79. The summed E-state index contributed by atoms with van der Waals surface area (Å²) < 4.78 is 11.0. The normalized spacial score (nSPS) is 22.3. The predicted molar refractivity (Wildman–Crippen MR) is 67.8 cm³/mol. The van der Waals surface area contributed by atoms with Crippen LogP contribution in [0.25, 0.3) is 0 Å². The molecule has 1 rings (SSSR count). The van der Waals surface area contributed by atoms with Crippen molar-refractivity contribution >= 4 is 34.7 Å². The zero-order valence-electron chi connectivity index (χ0n) is 9.10. The summed E-state index contributed by atoms with van der Waals surface area (Å²) in [5.41, 5.74) is -2.28. The molecule has 0 spiro atoms. The molecule has 0 aromatic heterocycles. The second kappa shape index (κ2) is 6.36. The van der Waals surface area contributed by atoms with E-state index in [4.69, 9.17) is 20.9 Å². The van der Waals surface area contributed by atoms with Gasteiger partial charge in [0.05, 0.1) is 18.5 Å². The average molecular weight is 268 g/mol. The van der Waals surface area contributed by atoms with Gasteiger partial charge < -0.3 is 9.05 Å². The van der Waals surface area contributed by atoms with Crippen LogP contribution in [0.15, 0.2) is 0 Å². The molecule has 0 saturated heterocycles. The van der Waals surface area contributed by atoms with E-state index in [0.717, 1.165) is 12.8 Å². The van der Waals surface area contributed by atoms with Gasteiger partial charge in [0.2, 0.25) is 5.69 Å². The van der Waals surface area contributed by atoms with Crippen molar-refractivity contribution in [1.82, 2.24) is 0 Å². The van der Waals surface area contributed by atoms with Crippen molar-refractivity contribution in [2.75, 3.05) is 13.2 Å². The van der Waals surface area contributed by atoms with E-state index in [-0.39, 0.29) is 5.25 Å². The van der Waals surface area contributed by atoms with E-state index in [1.165, 1.54) is 11.4 Å². The molecule has 6 heteroatoms. The van der Waals surface area contributed by atoms with E-state index in [9.17, 15) is 4.79 Å². The molecule has 1 atom stereocenters. The summed E-state index contributed by atoms with van der Waals surface area (Å²) in [4.78, 5) is 11.5. The number of hydrogen-bond donors (Lipinski definition) is 0. The molecule has 0 radical (unpaired) electrons. The lowest BCUT2D eigenvalue weighted by Crippen LogP contribution is -2.09. The molecule has 88 valence electrons. The first-order chi connectivity index (χ1) is 7.11. The fourth-order valence-electron chi connectivity index (χ4n) is 1.47. The highest BCUT2D eigenvalue weighted by atomic mass is 32.9. The summed E-state index contributed by atoms with van der Waals surface area (Å²) in [5.74, 6) is 0.300. The first-order valence-corrected chi connectivity index (χ1v) is 9.34. The van der Waals surface area contributed by atoms with Crippen molar-refractivity contribution in [3.63, 3.8) is 0 Å². The summed E-state index contributed by atoms with van der Waals surface area (Å²) in [6, 6.07) is 0. The van der Waals surface area contributed by atoms with Gasteiger partial charge in [0.15, 0.2) is 0 Å². The van der Waals surface area contributed by atoms with Crippen molar-refractivity contribution in [1.29, 1.82) is 0 Å². The zero-order valence-corrected chi connectivity index (χ0v) is 11.6. The van der Waals surface area contributed by atoms with Gasteiger partial charge in [-0.15, -0.1) is 0 Å². The molecule has 3 nitrogen and oxygen atoms in total. The van der Waals surface area contributed by atoms with Gasteiger partial charge in [-0.3, -0.25) is 4.79 Å². The Bertz CT molecular complexity index is 260. The summed E-state index contributed by atoms with van der Waals surface area (Å²) in [6.45, 7) is 4.89. The first kappa shape index (κ1) is 13.7. The van der Waals surface area contributed by atoms with Gasteiger partial charge in [0, 0.05) is 6.42 Å². The van der Waals surface area contributed by atoms with E-state index in [1.54, 1.807) is 0 Å². The largest absolute Gasteiger partial charge is 0.322 e. The lowest BCUT2D eigenvalue weighted by Gasteiger charge is -2.22. The Morgan fingerprint density at radius 3 is 2.47 bits per heavy atom. The summed E-state index contributed by atoms with van der Waals surface area (Å²) >= 11 is 6.81. The van der Waals surface area contributed by atoms with Crippen molar-refractivity contribution < 1.29 is 13.8 Å². The minimum Gasteiger partial charge on any atom is -0.322 e. The molecule has 0 N–H and O–H groups in total. The summed E-state index contributed by atoms with van der Waals surface area (Å²) in [7, 11) is 0. The lowest BCUT2D eigenvalue weighted by atomic mass is 10.3. The fraction of sp³-hybridized carbons (Fsp3) is 0.889. The van der Waals surface area contributed by atoms with Crippen LogP contribution in [0.1, 0.15) is 33.1 Å². The number of ketones is 1. The monoisotopic (exact) mass is 268 g/mol. The zero-order chi connectivity index (χ0) is 11.3. The molecule has 0 amide bonds. The molecule has 1 aliphatic rings. The highest BCUT2D eigenvalue weighted by Gasteiger charge is 2.32.